The highest BCUT2D eigenvalue weighted by molar-refractivity contribution is 6.34. The lowest BCUT2D eigenvalue weighted by atomic mass is 10.2. The number of H-pyrrole nitrogens is 1. The van der Waals surface area contributed by atoms with Crippen LogP contribution in [-0.2, 0) is 6.54 Å². The molecule has 0 saturated heterocycles. The van der Waals surface area contributed by atoms with Gasteiger partial charge in [0.25, 0.3) is 0 Å². The standard InChI is InChI=1S/C8H6Cl2N4O/c9-6-1-5(2-7(10)3-6)4-14-8(15)11-12-13-14/h1-3H,4H2,(H,11,13,15). The van der Waals surface area contributed by atoms with Crippen molar-refractivity contribution < 1.29 is 0 Å². The smallest absolute Gasteiger partial charge is 0.245 e. The summed E-state index contributed by atoms with van der Waals surface area (Å²) in [5.74, 6) is 0. The number of hydrogen-bond donors (Lipinski definition) is 1. The second-order valence-electron chi connectivity index (χ2n) is 2.94. The molecule has 0 aliphatic rings. The first-order valence-electron chi connectivity index (χ1n) is 4.08. The molecule has 7 heteroatoms. The van der Waals surface area contributed by atoms with Crippen molar-refractivity contribution in [2.24, 2.45) is 0 Å². The van der Waals surface area contributed by atoms with Crippen molar-refractivity contribution >= 4 is 23.2 Å². The Kier molecular flexibility index (Phi) is 2.75. The Balaban J connectivity index is 2.32. The molecule has 0 aliphatic carbocycles. The Morgan fingerprint density at radius 3 is 2.47 bits per heavy atom. The van der Waals surface area contributed by atoms with Crippen molar-refractivity contribution in [3.63, 3.8) is 0 Å². The van der Waals surface area contributed by atoms with Gasteiger partial charge in [0.2, 0.25) is 0 Å². The SMILES string of the molecule is O=c1[nH]nnn1Cc1cc(Cl)cc(Cl)c1. The number of rotatable bonds is 2. The largest absolute Gasteiger partial charge is 0.361 e. The fourth-order valence-electron chi connectivity index (χ4n) is 1.20. The number of nitrogens with one attached hydrogen (secondary N) is 1. The summed E-state index contributed by atoms with van der Waals surface area (Å²) in [5, 5.41) is 10.2. The molecule has 0 atom stereocenters. The zero-order valence-corrected chi connectivity index (χ0v) is 8.96. The van der Waals surface area contributed by atoms with Crippen LogP contribution in [0.2, 0.25) is 10.0 Å². The summed E-state index contributed by atoms with van der Waals surface area (Å²) in [6, 6.07) is 5.06. The van der Waals surface area contributed by atoms with E-state index in [4.69, 9.17) is 23.2 Å². The summed E-state index contributed by atoms with van der Waals surface area (Å²) >= 11 is 11.6. The Bertz CT molecular complexity index is 513. The Morgan fingerprint density at radius 2 is 1.93 bits per heavy atom. The molecule has 0 aliphatic heterocycles. The fraction of sp³-hybridized carbons (Fsp3) is 0.125. The maximum absolute atomic E-state index is 11.1. The number of aromatic nitrogens is 4. The van der Waals surface area contributed by atoms with Gasteiger partial charge >= 0.3 is 5.69 Å². The van der Waals surface area contributed by atoms with Crippen LogP contribution in [0.25, 0.3) is 0 Å². The van der Waals surface area contributed by atoms with Crippen molar-refractivity contribution in [3.8, 4) is 0 Å². The highest BCUT2D eigenvalue weighted by atomic mass is 35.5. The van der Waals surface area contributed by atoms with E-state index in [9.17, 15) is 4.79 Å². The van der Waals surface area contributed by atoms with Gasteiger partial charge in [0.1, 0.15) is 0 Å². The van der Waals surface area contributed by atoms with Gasteiger partial charge in [-0.1, -0.05) is 23.2 Å². The molecular weight excluding hydrogens is 239 g/mol. The van der Waals surface area contributed by atoms with Gasteiger partial charge in [-0.15, -0.1) is 0 Å². The van der Waals surface area contributed by atoms with E-state index in [0.29, 0.717) is 10.0 Å². The van der Waals surface area contributed by atoms with E-state index in [1.807, 2.05) is 0 Å². The Hall–Kier alpha value is -1.33. The van der Waals surface area contributed by atoms with Crippen LogP contribution in [0.4, 0.5) is 0 Å². The number of aromatic amines is 1. The number of hydrogen-bond acceptors (Lipinski definition) is 3. The van der Waals surface area contributed by atoms with Gasteiger partial charge in [-0.3, -0.25) is 0 Å². The minimum atomic E-state index is -0.369. The highest BCUT2D eigenvalue weighted by Crippen LogP contribution is 2.19. The van der Waals surface area contributed by atoms with Crippen molar-refractivity contribution in [1.82, 2.24) is 20.2 Å². The van der Waals surface area contributed by atoms with E-state index < -0.39 is 0 Å². The van der Waals surface area contributed by atoms with Crippen molar-refractivity contribution in [2.45, 2.75) is 6.54 Å². The maximum atomic E-state index is 11.1. The first-order valence-corrected chi connectivity index (χ1v) is 4.84. The van der Waals surface area contributed by atoms with E-state index in [0.717, 1.165) is 5.56 Å². The fourth-order valence-corrected chi connectivity index (χ4v) is 1.77. The van der Waals surface area contributed by atoms with Gasteiger partial charge in [-0.05, 0) is 34.2 Å². The lowest BCUT2D eigenvalue weighted by Gasteiger charge is -2.01. The molecule has 1 heterocycles. The third kappa shape index (κ3) is 2.37. The number of benzene rings is 1. The molecule has 1 aromatic heterocycles. The van der Waals surface area contributed by atoms with E-state index in [-0.39, 0.29) is 12.2 Å². The molecule has 0 amide bonds. The van der Waals surface area contributed by atoms with Crippen LogP contribution in [0.1, 0.15) is 5.56 Å². The van der Waals surface area contributed by atoms with E-state index in [1.54, 1.807) is 18.2 Å². The van der Waals surface area contributed by atoms with Crippen molar-refractivity contribution in [3.05, 3.63) is 44.3 Å². The van der Waals surface area contributed by atoms with Gasteiger partial charge in [-0.2, -0.15) is 4.68 Å². The average Bonchev–Trinajstić information content (AvgIpc) is 2.50. The van der Waals surface area contributed by atoms with Crippen LogP contribution in [0.3, 0.4) is 0 Å². The summed E-state index contributed by atoms with van der Waals surface area (Å²) in [7, 11) is 0. The van der Waals surface area contributed by atoms with Crippen LogP contribution < -0.4 is 5.69 Å². The normalized spacial score (nSPS) is 10.5. The average molecular weight is 245 g/mol. The predicted molar refractivity (Wildman–Crippen MR) is 56.2 cm³/mol. The molecule has 78 valence electrons. The van der Waals surface area contributed by atoms with Gasteiger partial charge in [0.05, 0.1) is 6.54 Å². The predicted octanol–water partition coefficient (Wildman–Crippen LogP) is 1.32. The molecule has 0 unspecified atom stereocenters. The first-order chi connectivity index (χ1) is 7.15. The molecule has 0 saturated carbocycles. The minimum Gasteiger partial charge on any atom is -0.245 e. The van der Waals surface area contributed by atoms with Gasteiger partial charge < -0.3 is 0 Å². The molecule has 15 heavy (non-hydrogen) atoms. The molecule has 5 nitrogen and oxygen atoms in total. The van der Waals surface area contributed by atoms with Crippen LogP contribution in [0.15, 0.2) is 23.0 Å². The zero-order chi connectivity index (χ0) is 10.8. The molecule has 0 spiro atoms. The molecule has 1 aromatic carbocycles. The summed E-state index contributed by atoms with van der Waals surface area (Å²) in [5.41, 5.74) is 0.426. The number of halogens is 2. The maximum Gasteiger partial charge on any atom is 0.361 e. The van der Waals surface area contributed by atoms with E-state index in [1.165, 1.54) is 4.68 Å². The van der Waals surface area contributed by atoms with Crippen LogP contribution >= 0.6 is 23.2 Å². The molecule has 0 radical (unpaired) electrons. The first kappa shape index (κ1) is 10.2. The molecule has 2 rings (SSSR count). The summed E-state index contributed by atoms with van der Waals surface area (Å²) in [6.45, 7) is 0.287. The molecule has 0 fully saturated rings. The van der Waals surface area contributed by atoms with Gasteiger partial charge in [0, 0.05) is 10.0 Å². The summed E-state index contributed by atoms with van der Waals surface area (Å²) in [4.78, 5) is 11.1. The van der Waals surface area contributed by atoms with Crippen LogP contribution in [0.5, 0.6) is 0 Å². The quantitative estimate of drug-likeness (QED) is 0.867. The lowest BCUT2D eigenvalue weighted by Crippen LogP contribution is -2.18. The van der Waals surface area contributed by atoms with E-state index >= 15 is 0 Å². The topological polar surface area (TPSA) is 63.6 Å². The van der Waals surface area contributed by atoms with Crippen molar-refractivity contribution in [1.29, 1.82) is 0 Å². The monoisotopic (exact) mass is 244 g/mol. The third-order valence-corrected chi connectivity index (χ3v) is 2.22. The zero-order valence-electron chi connectivity index (χ0n) is 7.44. The molecule has 1 N–H and O–H groups in total. The van der Waals surface area contributed by atoms with Gasteiger partial charge in [0.15, 0.2) is 0 Å². The summed E-state index contributed by atoms with van der Waals surface area (Å²) < 4.78 is 1.18. The second kappa shape index (κ2) is 4.04. The molecule has 2 aromatic rings. The highest BCUT2D eigenvalue weighted by Gasteiger charge is 2.03. The van der Waals surface area contributed by atoms with Crippen LogP contribution in [0, 0.1) is 0 Å². The summed E-state index contributed by atoms with van der Waals surface area (Å²) in [6.07, 6.45) is 0. The van der Waals surface area contributed by atoms with Crippen molar-refractivity contribution in [2.75, 3.05) is 0 Å². The number of tetrazole rings is 1. The van der Waals surface area contributed by atoms with Crippen LogP contribution in [-0.4, -0.2) is 20.2 Å². The Labute approximate surface area is 94.6 Å². The Morgan fingerprint density at radius 1 is 1.27 bits per heavy atom. The molecular formula is C8H6Cl2N4O. The van der Waals surface area contributed by atoms with E-state index in [2.05, 4.69) is 15.5 Å². The minimum absolute atomic E-state index is 0.287. The molecule has 0 bridgehead atoms. The van der Waals surface area contributed by atoms with Gasteiger partial charge in [-0.25, -0.2) is 9.89 Å². The third-order valence-electron chi connectivity index (χ3n) is 1.79. The lowest BCUT2D eigenvalue weighted by molar-refractivity contribution is 0.632. The second-order valence-corrected chi connectivity index (χ2v) is 3.81. The number of nitrogens with zero attached hydrogens (tertiary/aromatic N) is 3.